The largest absolute Gasteiger partial charge is 0.258 e. The van der Waals surface area contributed by atoms with Gasteiger partial charge in [0, 0.05) is 16.9 Å². The third-order valence-electron chi connectivity index (χ3n) is 1.85. The second-order valence-corrected chi connectivity index (χ2v) is 3.31. The van der Waals surface area contributed by atoms with Crippen LogP contribution >= 0.6 is 15.9 Å². The zero-order valence-electron chi connectivity index (χ0n) is 6.93. The molecule has 0 aliphatic heterocycles. The van der Waals surface area contributed by atoms with E-state index in [-0.39, 0.29) is 5.82 Å². The Kier molecular flexibility index (Phi) is 3.66. The van der Waals surface area contributed by atoms with Crippen LogP contribution in [0.5, 0.6) is 0 Å². The number of hydrogen-bond donors (Lipinski definition) is 0. The lowest BCUT2D eigenvalue weighted by atomic mass is 10.0. The van der Waals surface area contributed by atoms with Gasteiger partial charge in [-0.3, -0.25) is 4.98 Å². The van der Waals surface area contributed by atoms with Gasteiger partial charge in [-0.1, -0.05) is 22.9 Å². The monoisotopic (exact) mass is 231 g/mol. The summed E-state index contributed by atoms with van der Waals surface area (Å²) in [6, 6.07) is 3.19. The van der Waals surface area contributed by atoms with E-state index < -0.39 is 0 Å². The Morgan fingerprint density at radius 1 is 1.58 bits per heavy atom. The second kappa shape index (κ2) is 4.55. The number of rotatable bonds is 3. The van der Waals surface area contributed by atoms with Crippen LogP contribution in [-0.2, 0) is 0 Å². The molecule has 0 aromatic carbocycles. The molecule has 0 saturated carbocycles. The number of nitrogens with zero attached hydrogens (tertiary/aromatic N) is 1. The van der Waals surface area contributed by atoms with Crippen molar-refractivity contribution in [2.24, 2.45) is 0 Å². The van der Waals surface area contributed by atoms with Gasteiger partial charge in [0.05, 0.1) is 6.20 Å². The first-order valence-corrected chi connectivity index (χ1v) is 5.07. The number of aromatic nitrogens is 1. The molecule has 12 heavy (non-hydrogen) atoms. The highest BCUT2D eigenvalue weighted by Gasteiger charge is 2.08. The summed E-state index contributed by atoms with van der Waals surface area (Å²) in [7, 11) is 0. The Balaban J connectivity index is 2.80. The van der Waals surface area contributed by atoms with E-state index in [1.54, 1.807) is 6.07 Å². The average Bonchev–Trinajstić information content (AvgIpc) is 2.10. The summed E-state index contributed by atoms with van der Waals surface area (Å²) < 4.78 is 12.5. The standard InChI is InChI=1S/C9H11BrFN/c1-2-7(5-10)9-4-3-8(11)6-12-9/h3-4,6-7H,2,5H2,1H3. The molecule has 1 aromatic rings. The lowest BCUT2D eigenvalue weighted by molar-refractivity contribution is 0.614. The van der Waals surface area contributed by atoms with E-state index in [4.69, 9.17) is 0 Å². The van der Waals surface area contributed by atoms with E-state index in [0.29, 0.717) is 5.92 Å². The van der Waals surface area contributed by atoms with Gasteiger partial charge < -0.3 is 0 Å². The van der Waals surface area contributed by atoms with Crippen molar-refractivity contribution >= 4 is 15.9 Å². The minimum Gasteiger partial charge on any atom is -0.258 e. The highest BCUT2D eigenvalue weighted by atomic mass is 79.9. The summed E-state index contributed by atoms with van der Waals surface area (Å²) in [5.74, 6) is 0.119. The molecule has 0 radical (unpaired) electrons. The van der Waals surface area contributed by atoms with E-state index in [0.717, 1.165) is 17.4 Å². The van der Waals surface area contributed by atoms with Crippen LogP contribution in [0, 0.1) is 5.82 Å². The van der Waals surface area contributed by atoms with Gasteiger partial charge in [-0.05, 0) is 18.6 Å². The van der Waals surface area contributed by atoms with E-state index in [9.17, 15) is 4.39 Å². The lowest BCUT2D eigenvalue weighted by Crippen LogP contribution is -2.01. The SMILES string of the molecule is CCC(CBr)c1ccc(F)cn1. The quantitative estimate of drug-likeness (QED) is 0.729. The van der Waals surface area contributed by atoms with Gasteiger partial charge in [-0.25, -0.2) is 4.39 Å². The Bertz CT molecular complexity index is 231. The Morgan fingerprint density at radius 3 is 2.75 bits per heavy atom. The van der Waals surface area contributed by atoms with Gasteiger partial charge in [-0.15, -0.1) is 0 Å². The molecular formula is C9H11BrFN. The molecule has 0 saturated heterocycles. The van der Waals surface area contributed by atoms with Crippen LogP contribution < -0.4 is 0 Å². The summed E-state index contributed by atoms with van der Waals surface area (Å²) in [5.41, 5.74) is 0.954. The third kappa shape index (κ3) is 2.27. The van der Waals surface area contributed by atoms with Gasteiger partial charge in [0.15, 0.2) is 0 Å². The van der Waals surface area contributed by atoms with Crippen LogP contribution in [0.1, 0.15) is 25.0 Å². The first-order chi connectivity index (χ1) is 5.77. The Labute approximate surface area is 80.1 Å². The lowest BCUT2D eigenvalue weighted by Gasteiger charge is -2.09. The average molecular weight is 232 g/mol. The van der Waals surface area contributed by atoms with Crippen molar-refractivity contribution in [3.8, 4) is 0 Å². The normalized spacial score (nSPS) is 12.9. The van der Waals surface area contributed by atoms with E-state index in [2.05, 4.69) is 27.8 Å². The van der Waals surface area contributed by atoms with Crippen LogP contribution in [0.4, 0.5) is 4.39 Å². The fraction of sp³-hybridized carbons (Fsp3) is 0.444. The van der Waals surface area contributed by atoms with Crippen molar-refractivity contribution in [3.63, 3.8) is 0 Å². The van der Waals surface area contributed by atoms with Crippen molar-refractivity contribution in [1.29, 1.82) is 0 Å². The van der Waals surface area contributed by atoms with Crippen LogP contribution in [0.3, 0.4) is 0 Å². The molecule has 0 bridgehead atoms. The molecule has 1 unspecified atom stereocenters. The van der Waals surface area contributed by atoms with Gasteiger partial charge in [0.1, 0.15) is 5.82 Å². The maximum atomic E-state index is 12.5. The van der Waals surface area contributed by atoms with Crippen LogP contribution in [0.15, 0.2) is 18.3 Å². The molecule has 66 valence electrons. The molecular weight excluding hydrogens is 221 g/mol. The smallest absolute Gasteiger partial charge is 0.141 e. The third-order valence-corrected chi connectivity index (χ3v) is 2.63. The summed E-state index contributed by atoms with van der Waals surface area (Å²) in [5, 5.41) is 0.877. The Morgan fingerprint density at radius 2 is 2.33 bits per heavy atom. The van der Waals surface area contributed by atoms with Crippen molar-refractivity contribution < 1.29 is 4.39 Å². The number of alkyl halides is 1. The molecule has 1 heterocycles. The molecule has 3 heteroatoms. The predicted molar refractivity (Wildman–Crippen MR) is 51.0 cm³/mol. The number of hydrogen-bond acceptors (Lipinski definition) is 1. The highest BCUT2D eigenvalue weighted by Crippen LogP contribution is 2.19. The van der Waals surface area contributed by atoms with Crippen LogP contribution in [-0.4, -0.2) is 10.3 Å². The first kappa shape index (κ1) is 9.65. The number of halogens is 2. The molecule has 0 aliphatic rings. The fourth-order valence-corrected chi connectivity index (χ4v) is 1.82. The molecule has 0 N–H and O–H groups in total. The molecule has 1 rings (SSSR count). The van der Waals surface area contributed by atoms with Crippen LogP contribution in [0.2, 0.25) is 0 Å². The van der Waals surface area contributed by atoms with Gasteiger partial charge in [0.25, 0.3) is 0 Å². The second-order valence-electron chi connectivity index (χ2n) is 2.66. The first-order valence-electron chi connectivity index (χ1n) is 3.95. The van der Waals surface area contributed by atoms with Crippen molar-refractivity contribution in [3.05, 3.63) is 29.8 Å². The van der Waals surface area contributed by atoms with E-state index >= 15 is 0 Å². The molecule has 0 spiro atoms. The summed E-state index contributed by atoms with van der Waals surface area (Å²) in [4.78, 5) is 4.02. The van der Waals surface area contributed by atoms with Gasteiger partial charge in [0.2, 0.25) is 0 Å². The zero-order chi connectivity index (χ0) is 8.97. The molecule has 1 atom stereocenters. The molecule has 1 nitrogen and oxygen atoms in total. The van der Waals surface area contributed by atoms with Crippen LogP contribution in [0.25, 0.3) is 0 Å². The minimum atomic E-state index is -0.275. The van der Waals surface area contributed by atoms with Gasteiger partial charge >= 0.3 is 0 Å². The number of pyridine rings is 1. The Hall–Kier alpha value is -0.440. The molecule has 0 fully saturated rings. The summed E-state index contributed by atoms with van der Waals surface area (Å²) in [6.45, 7) is 2.09. The molecule has 1 aromatic heterocycles. The van der Waals surface area contributed by atoms with Crippen molar-refractivity contribution in [2.75, 3.05) is 5.33 Å². The van der Waals surface area contributed by atoms with E-state index in [1.807, 2.05) is 0 Å². The summed E-state index contributed by atoms with van der Waals surface area (Å²) >= 11 is 3.40. The predicted octanol–water partition coefficient (Wildman–Crippen LogP) is 3.11. The minimum absolute atomic E-state index is 0.275. The highest BCUT2D eigenvalue weighted by molar-refractivity contribution is 9.09. The molecule has 0 amide bonds. The maximum absolute atomic E-state index is 12.5. The molecule has 0 aliphatic carbocycles. The maximum Gasteiger partial charge on any atom is 0.141 e. The van der Waals surface area contributed by atoms with Crippen molar-refractivity contribution in [1.82, 2.24) is 4.98 Å². The van der Waals surface area contributed by atoms with Gasteiger partial charge in [-0.2, -0.15) is 0 Å². The topological polar surface area (TPSA) is 12.9 Å². The zero-order valence-corrected chi connectivity index (χ0v) is 8.51. The summed E-state index contributed by atoms with van der Waals surface area (Å²) in [6.07, 6.45) is 2.28. The van der Waals surface area contributed by atoms with Crippen molar-refractivity contribution in [2.45, 2.75) is 19.3 Å². The fourth-order valence-electron chi connectivity index (χ4n) is 1.03. The van der Waals surface area contributed by atoms with E-state index in [1.165, 1.54) is 12.3 Å².